The summed E-state index contributed by atoms with van der Waals surface area (Å²) < 4.78 is 0. The van der Waals surface area contributed by atoms with Crippen molar-refractivity contribution in [2.75, 3.05) is 18.1 Å². The van der Waals surface area contributed by atoms with Crippen LogP contribution in [-0.4, -0.2) is 36.0 Å². The van der Waals surface area contributed by atoms with Gasteiger partial charge in [0.1, 0.15) is 0 Å². The van der Waals surface area contributed by atoms with E-state index in [1.165, 1.54) is 18.4 Å². The number of fused-ring (bicyclic) bond motifs is 1. The standard InChI is InChI=1S/C18H27N3OS/c22-17(13-23-11-5-8-14-6-2-1-3-7-14)20-16-10-4-9-15-12-19-21-18(15)16/h1-3,6-7,15-16,18-19,21H,4-5,8-13H2,(H,20,22). The Morgan fingerprint density at radius 2 is 2.13 bits per heavy atom. The fourth-order valence-electron chi connectivity index (χ4n) is 3.64. The third-order valence-electron chi connectivity index (χ3n) is 4.84. The third-order valence-corrected chi connectivity index (χ3v) is 5.88. The van der Waals surface area contributed by atoms with Crippen LogP contribution in [0.4, 0.5) is 0 Å². The zero-order valence-electron chi connectivity index (χ0n) is 13.6. The van der Waals surface area contributed by atoms with E-state index in [1.54, 1.807) is 11.8 Å². The smallest absolute Gasteiger partial charge is 0.230 e. The summed E-state index contributed by atoms with van der Waals surface area (Å²) in [5.74, 6) is 2.48. The number of benzene rings is 1. The summed E-state index contributed by atoms with van der Waals surface area (Å²) >= 11 is 1.75. The van der Waals surface area contributed by atoms with E-state index < -0.39 is 0 Å². The molecule has 2 aliphatic rings. The topological polar surface area (TPSA) is 53.2 Å². The fourth-order valence-corrected chi connectivity index (χ4v) is 4.40. The molecule has 1 aliphatic heterocycles. The van der Waals surface area contributed by atoms with Crippen molar-refractivity contribution in [1.29, 1.82) is 0 Å². The van der Waals surface area contributed by atoms with Crippen molar-refractivity contribution in [3.05, 3.63) is 35.9 Å². The number of amides is 1. The lowest BCUT2D eigenvalue weighted by Gasteiger charge is -2.33. The van der Waals surface area contributed by atoms with Crippen LogP contribution in [0, 0.1) is 5.92 Å². The monoisotopic (exact) mass is 333 g/mol. The van der Waals surface area contributed by atoms with Crippen molar-refractivity contribution in [3.63, 3.8) is 0 Å². The van der Waals surface area contributed by atoms with Gasteiger partial charge in [-0.1, -0.05) is 36.8 Å². The Hall–Kier alpha value is -1.04. The van der Waals surface area contributed by atoms with Crippen molar-refractivity contribution in [2.45, 2.75) is 44.2 Å². The lowest BCUT2D eigenvalue weighted by Crippen LogP contribution is -2.53. The average molecular weight is 334 g/mol. The number of hydrazine groups is 1. The minimum atomic E-state index is 0.189. The second kappa shape index (κ2) is 8.71. The van der Waals surface area contributed by atoms with Gasteiger partial charge in [0.25, 0.3) is 0 Å². The highest BCUT2D eigenvalue weighted by atomic mass is 32.2. The van der Waals surface area contributed by atoms with Gasteiger partial charge >= 0.3 is 0 Å². The first-order valence-corrected chi connectivity index (χ1v) is 9.88. The molecular weight excluding hydrogens is 306 g/mol. The Morgan fingerprint density at radius 3 is 3.00 bits per heavy atom. The Bertz CT molecular complexity index is 496. The molecule has 4 nitrogen and oxygen atoms in total. The highest BCUT2D eigenvalue weighted by molar-refractivity contribution is 7.99. The van der Waals surface area contributed by atoms with Gasteiger partial charge in [-0.3, -0.25) is 15.6 Å². The molecule has 0 radical (unpaired) electrons. The molecule has 0 bridgehead atoms. The van der Waals surface area contributed by atoms with Crippen molar-refractivity contribution < 1.29 is 4.79 Å². The summed E-state index contributed by atoms with van der Waals surface area (Å²) in [6, 6.07) is 11.3. The number of aryl methyl sites for hydroxylation is 1. The normalized spacial score (nSPS) is 26.7. The second-order valence-electron chi connectivity index (χ2n) is 6.56. The van der Waals surface area contributed by atoms with Gasteiger partial charge in [-0.25, -0.2) is 0 Å². The van der Waals surface area contributed by atoms with Gasteiger partial charge < -0.3 is 5.32 Å². The average Bonchev–Trinajstić information content (AvgIpc) is 3.05. The first kappa shape index (κ1) is 16.8. The molecule has 0 spiro atoms. The Balaban J connectivity index is 1.30. The van der Waals surface area contributed by atoms with Crippen LogP contribution in [0.1, 0.15) is 31.2 Å². The van der Waals surface area contributed by atoms with Gasteiger partial charge in [0, 0.05) is 18.6 Å². The van der Waals surface area contributed by atoms with E-state index in [2.05, 4.69) is 40.4 Å². The molecule has 23 heavy (non-hydrogen) atoms. The zero-order valence-corrected chi connectivity index (χ0v) is 14.4. The number of hydrogen-bond acceptors (Lipinski definition) is 4. The first-order valence-electron chi connectivity index (χ1n) is 8.72. The van der Waals surface area contributed by atoms with Crippen molar-refractivity contribution in [3.8, 4) is 0 Å². The zero-order chi connectivity index (χ0) is 15.9. The molecule has 1 aromatic carbocycles. The molecule has 3 N–H and O–H groups in total. The lowest BCUT2D eigenvalue weighted by molar-refractivity contribution is -0.119. The summed E-state index contributed by atoms with van der Waals surface area (Å²) in [6.45, 7) is 1.03. The Labute approximate surface area is 143 Å². The summed E-state index contributed by atoms with van der Waals surface area (Å²) in [6.07, 6.45) is 5.81. The van der Waals surface area contributed by atoms with Gasteiger partial charge in [-0.05, 0) is 42.9 Å². The molecule has 1 saturated carbocycles. The number of carbonyl (C=O) groups excluding carboxylic acids is 1. The van der Waals surface area contributed by atoms with E-state index in [9.17, 15) is 4.79 Å². The molecule has 126 valence electrons. The molecule has 1 heterocycles. The lowest BCUT2D eigenvalue weighted by atomic mass is 9.82. The molecule has 1 saturated heterocycles. The van der Waals surface area contributed by atoms with Crippen LogP contribution in [0.15, 0.2) is 30.3 Å². The highest BCUT2D eigenvalue weighted by Crippen LogP contribution is 2.26. The van der Waals surface area contributed by atoms with E-state index in [1.807, 2.05) is 6.07 Å². The summed E-state index contributed by atoms with van der Waals surface area (Å²) in [5, 5.41) is 3.24. The highest BCUT2D eigenvalue weighted by Gasteiger charge is 2.37. The van der Waals surface area contributed by atoms with E-state index in [-0.39, 0.29) is 5.91 Å². The second-order valence-corrected chi connectivity index (χ2v) is 7.66. The van der Waals surface area contributed by atoms with Crippen LogP contribution in [0.2, 0.25) is 0 Å². The number of carbonyl (C=O) groups is 1. The third kappa shape index (κ3) is 4.96. The largest absolute Gasteiger partial charge is 0.351 e. The van der Waals surface area contributed by atoms with Crippen LogP contribution >= 0.6 is 11.8 Å². The van der Waals surface area contributed by atoms with Crippen molar-refractivity contribution >= 4 is 17.7 Å². The van der Waals surface area contributed by atoms with Crippen LogP contribution in [0.5, 0.6) is 0 Å². The van der Waals surface area contributed by atoms with Gasteiger partial charge in [-0.2, -0.15) is 11.8 Å². The fraction of sp³-hybridized carbons (Fsp3) is 0.611. The number of thioether (sulfide) groups is 1. The number of rotatable bonds is 7. The molecule has 3 rings (SSSR count). The van der Waals surface area contributed by atoms with Crippen LogP contribution in [-0.2, 0) is 11.2 Å². The molecule has 2 fully saturated rings. The summed E-state index contributed by atoms with van der Waals surface area (Å²) in [5.41, 5.74) is 7.95. The molecule has 0 aromatic heterocycles. The Morgan fingerprint density at radius 1 is 1.26 bits per heavy atom. The van der Waals surface area contributed by atoms with E-state index >= 15 is 0 Å². The SMILES string of the molecule is O=C(CSCCCc1ccccc1)NC1CCCC2CNNC21. The molecule has 1 aromatic rings. The number of hydrogen-bond donors (Lipinski definition) is 3. The minimum absolute atomic E-state index is 0.189. The van der Waals surface area contributed by atoms with Crippen LogP contribution in [0.25, 0.3) is 0 Å². The predicted molar refractivity (Wildman–Crippen MR) is 96.3 cm³/mol. The van der Waals surface area contributed by atoms with Crippen molar-refractivity contribution in [2.24, 2.45) is 5.92 Å². The quantitative estimate of drug-likeness (QED) is 0.669. The van der Waals surface area contributed by atoms with E-state index in [0.29, 0.717) is 23.8 Å². The molecule has 1 aliphatic carbocycles. The van der Waals surface area contributed by atoms with Gasteiger partial charge in [0.05, 0.1) is 5.75 Å². The molecule has 3 unspecified atom stereocenters. The van der Waals surface area contributed by atoms with Crippen LogP contribution in [0.3, 0.4) is 0 Å². The van der Waals surface area contributed by atoms with E-state index in [4.69, 9.17) is 0 Å². The maximum absolute atomic E-state index is 12.2. The van der Waals surface area contributed by atoms with Gasteiger partial charge in [0.2, 0.25) is 5.91 Å². The summed E-state index contributed by atoms with van der Waals surface area (Å²) in [4.78, 5) is 12.2. The molecule has 3 atom stereocenters. The van der Waals surface area contributed by atoms with Gasteiger partial charge in [0.15, 0.2) is 0 Å². The maximum atomic E-state index is 12.2. The van der Waals surface area contributed by atoms with E-state index in [0.717, 1.165) is 31.6 Å². The predicted octanol–water partition coefficient (Wildman–Crippen LogP) is 2.11. The summed E-state index contributed by atoms with van der Waals surface area (Å²) in [7, 11) is 0. The first-order chi connectivity index (χ1) is 11.3. The van der Waals surface area contributed by atoms with Crippen LogP contribution < -0.4 is 16.2 Å². The van der Waals surface area contributed by atoms with Gasteiger partial charge in [-0.15, -0.1) is 0 Å². The maximum Gasteiger partial charge on any atom is 0.230 e. The molecular formula is C18H27N3OS. The minimum Gasteiger partial charge on any atom is -0.351 e. The van der Waals surface area contributed by atoms with Crippen molar-refractivity contribution in [1.82, 2.24) is 16.2 Å². The Kier molecular flexibility index (Phi) is 6.37. The molecule has 5 heteroatoms. The molecule has 1 amide bonds. The number of nitrogens with one attached hydrogen (secondary N) is 3.